The van der Waals surface area contributed by atoms with Crippen molar-refractivity contribution in [3.63, 3.8) is 0 Å². The highest BCUT2D eigenvalue weighted by atomic mass is 79.9. The summed E-state index contributed by atoms with van der Waals surface area (Å²) in [6, 6.07) is 3.34. The Labute approximate surface area is 171 Å². The van der Waals surface area contributed by atoms with Crippen molar-refractivity contribution in [3.8, 4) is 0 Å². The van der Waals surface area contributed by atoms with E-state index in [0.29, 0.717) is 33.4 Å². The minimum absolute atomic E-state index is 0.159. The molecular formula is C21H23BrF2N2O2. The summed E-state index contributed by atoms with van der Waals surface area (Å²) in [7, 11) is 0. The minimum atomic E-state index is -0.927. The Hall–Kier alpha value is -2.02. The lowest BCUT2D eigenvalue weighted by Gasteiger charge is -2.22. The molecule has 0 radical (unpaired) electrons. The number of hydrogen-bond acceptors (Lipinski definition) is 2. The highest BCUT2D eigenvalue weighted by molar-refractivity contribution is 9.10. The van der Waals surface area contributed by atoms with Crippen molar-refractivity contribution in [1.82, 2.24) is 9.88 Å². The maximum Gasteiger partial charge on any atom is 0.265 e. The first-order valence-corrected chi connectivity index (χ1v) is 10.2. The van der Waals surface area contributed by atoms with Gasteiger partial charge in [0, 0.05) is 12.2 Å². The zero-order chi connectivity index (χ0) is 20.6. The molecule has 0 bridgehead atoms. The smallest absolute Gasteiger partial charge is 0.265 e. The van der Waals surface area contributed by atoms with Crippen molar-refractivity contribution in [2.75, 3.05) is 0 Å². The van der Waals surface area contributed by atoms with Gasteiger partial charge in [-0.05, 0) is 78.2 Å². The molecule has 1 aliphatic carbocycles. The first-order chi connectivity index (χ1) is 13.3. The third-order valence-electron chi connectivity index (χ3n) is 5.26. The largest absolute Gasteiger partial charge is 0.345 e. The summed E-state index contributed by atoms with van der Waals surface area (Å²) in [6.07, 6.45) is 2.60. The van der Waals surface area contributed by atoms with Crippen LogP contribution in [0.1, 0.15) is 59.4 Å². The SMILES string of the molecule is CCCn1c(C)c(C(=O)NC(c2ccc(F)c(F)c2)C2CC2)c(C)c(Br)c1=O. The summed E-state index contributed by atoms with van der Waals surface area (Å²) >= 11 is 3.32. The quantitative estimate of drug-likeness (QED) is 0.684. The number of halogens is 3. The lowest BCUT2D eigenvalue weighted by Crippen LogP contribution is -2.34. The number of rotatable bonds is 6. The van der Waals surface area contributed by atoms with Gasteiger partial charge in [-0.15, -0.1) is 0 Å². The number of amides is 1. The van der Waals surface area contributed by atoms with Crippen LogP contribution in [0.25, 0.3) is 0 Å². The maximum atomic E-state index is 13.7. The Balaban J connectivity index is 1.99. The molecule has 1 saturated carbocycles. The average molecular weight is 453 g/mol. The number of benzene rings is 1. The molecular weight excluding hydrogens is 430 g/mol. The molecule has 1 aromatic carbocycles. The van der Waals surface area contributed by atoms with Crippen LogP contribution in [0.15, 0.2) is 27.5 Å². The summed E-state index contributed by atoms with van der Waals surface area (Å²) in [5, 5.41) is 2.99. The van der Waals surface area contributed by atoms with Crippen LogP contribution in [-0.4, -0.2) is 10.5 Å². The Morgan fingerprint density at radius 2 is 1.96 bits per heavy atom. The predicted octanol–water partition coefficient (Wildman–Crippen LogP) is 4.80. The van der Waals surface area contributed by atoms with Crippen molar-refractivity contribution in [2.45, 2.75) is 52.6 Å². The fourth-order valence-electron chi connectivity index (χ4n) is 3.60. The molecule has 1 fully saturated rings. The molecule has 1 atom stereocenters. The normalized spacial score (nSPS) is 14.8. The minimum Gasteiger partial charge on any atom is -0.345 e. The fourth-order valence-corrected chi connectivity index (χ4v) is 4.01. The van der Waals surface area contributed by atoms with Gasteiger partial charge in [0.05, 0.1) is 16.1 Å². The molecule has 0 aliphatic heterocycles. The molecule has 28 heavy (non-hydrogen) atoms. The molecule has 7 heteroatoms. The second-order valence-corrected chi connectivity index (χ2v) is 8.11. The number of pyridine rings is 1. The van der Waals surface area contributed by atoms with Gasteiger partial charge in [-0.1, -0.05) is 13.0 Å². The molecule has 1 amide bonds. The third kappa shape index (κ3) is 3.90. The van der Waals surface area contributed by atoms with Crippen LogP contribution < -0.4 is 10.9 Å². The second kappa shape index (κ2) is 8.15. The number of aromatic nitrogens is 1. The molecule has 2 aromatic rings. The van der Waals surface area contributed by atoms with E-state index in [1.807, 2.05) is 6.92 Å². The van der Waals surface area contributed by atoms with Gasteiger partial charge in [-0.25, -0.2) is 8.78 Å². The molecule has 1 heterocycles. The topological polar surface area (TPSA) is 51.1 Å². The predicted molar refractivity (Wildman–Crippen MR) is 107 cm³/mol. The van der Waals surface area contributed by atoms with Crippen molar-refractivity contribution < 1.29 is 13.6 Å². The van der Waals surface area contributed by atoms with E-state index in [9.17, 15) is 18.4 Å². The van der Waals surface area contributed by atoms with E-state index in [2.05, 4.69) is 21.2 Å². The van der Waals surface area contributed by atoms with Crippen LogP contribution in [-0.2, 0) is 6.54 Å². The van der Waals surface area contributed by atoms with E-state index in [1.165, 1.54) is 6.07 Å². The Kier molecular flexibility index (Phi) is 6.03. The lowest BCUT2D eigenvalue weighted by atomic mass is 10.00. The lowest BCUT2D eigenvalue weighted by molar-refractivity contribution is 0.0929. The second-order valence-electron chi connectivity index (χ2n) is 7.32. The molecule has 0 saturated heterocycles. The molecule has 150 valence electrons. The number of nitrogens with one attached hydrogen (secondary N) is 1. The van der Waals surface area contributed by atoms with Gasteiger partial charge < -0.3 is 9.88 Å². The van der Waals surface area contributed by atoms with Crippen LogP contribution in [0.3, 0.4) is 0 Å². The molecule has 1 aliphatic rings. The van der Waals surface area contributed by atoms with Gasteiger partial charge in [0.1, 0.15) is 0 Å². The van der Waals surface area contributed by atoms with Crippen molar-refractivity contribution >= 4 is 21.8 Å². The van der Waals surface area contributed by atoms with Crippen LogP contribution >= 0.6 is 15.9 Å². The van der Waals surface area contributed by atoms with Crippen molar-refractivity contribution in [3.05, 3.63) is 67.0 Å². The van der Waals surface area contributed by atoms with Crippen LogP contribution in [0.2, 0.25) is 0 Å². The summed E-state index contributed by atoms with van der Waals surface area (Å²) in [5.41, 5.74) is 2.00. The highest BCUT2D eigenvalue weighted by Crippen LogP contribution is 2.41. The van der Waals surface area contributed by atoms with E-state index in [4.69, 9.17) is 0 Å². The Morgan fingerprint density at radius 3 is 2.54 bits per heavy atom. The zero-order valence-corrected chi connectivity index (χ0v) is 17.7. The van der Waals surface area contributed by atoms with Crippen LogP contribution in [0.5, 0.6) is 0 Å². The van der Waals surface area contributed by atoms with Gasteiger partial charge in [-0.3, -0.25) is 9.59 Å². The number of carbonyl (C=O) groups is 1. The van der Waals surface area contributed by atoms with E-state index in [-0.39, 0.29) is 17.4 Å². The van der Waals surface area contributed by atoms with Crippen LogP contribution in [0.4, 0.5) is 8.78 Å². The van der Waals surface area contributed by atoms with E-state index in [1.54, 1.807) is 18.4 Å². The van der Waals surface area contributed by atoms with Gasteiger partial charge in [0.2, 0.25) is 0 Å². The van der Waals surface area contributed by atoms with Crippen LogP contribution in [0, 0.1) is 31.4 Å². The number of nitrogens with zero attached hydrogens (tertiary/aromatic N) is 1. The highest BCUT2D eigenvalue weighted by Gasteiger charge is 2.35. The van der Waals surface area contributed by atoms with Crippen molar-refractivity contribution in [1.29, 1.82) is 0 Å². The van der Waals surface area contributed by atoms with Crippen molar-refractivity contribution in [2.24, 2.45) is 5.92 Å². The van der Waals surface area contributed by atoms with Gasteiger partial charge >= 0.3 is 0 Å². The summed E-state index contributed by atoms with van der Waals surface area (Å²) < 4.78 is 29.0. The molecule has 1 aromatic heterocycles. The molecule has 3 rings (SSSR count). The summed E-state index contributed by atoms with van der Waals surface area (Å²) in [6.45, 7) is 5.97. The van der Waals surface area contributed by atoms with E-state index < -0.39 is 17.7 Å². The maximum absolute atomic E-state index is 13.7. The zero-order valence-electron chi connectivity index (χ0n) is 16.1. The van der Waals surface area contributed by atoms with Gasteiger partial charge in [-0.2, -0.15) is 0 Å². The summed E-state index contributed by atoms with van der Waals surface area (Å²) in [5.74, 6) is -1.96. The van der Waals surface area contributed by atoms with E-state index >= 15 is 0 Å². The number of hydrogen-bond donors (Lipinski definition) is 1. The summed E-state index contributed by atoms with van der Waals surface area (Å²) in [4.78, 5) is 25.7. The number of carbonyl (C=O) groups excluding carboxylic acids is 1. The Morgan fingerprint density at radius 1 is 1.29 bits per heavy atom. The first-order valence-electron chi connectivity index (χ1n) is 9.41. The monoisotopic (exact) mass is 452 g/mol. The standard InChI is InChI=1S/C21H23BrF2N2O2/c1-4-9-26-12(3)17(11(2)18(22)21(26)28)20(27)25-19(13-5-6-13)14-7-8-15(23)16(24)10-14/h7-8,10,13,19H,4-6,9H2,1-3H3,(H,25,27). The fraction of sp³-hybridized carbons (Fsp3) is 0.429. The molecule has 1 unspecified atom stereocenters. The average Bonchev–Trinajstić information content (AvgIpc) is 3.49. The Bertz CT molecular complexity index is 983. The molecule has 4 nitrogen and oxygen atoms in total. The third-order valence-corrected chi connectivity index (χ3v) is 6.19. The first kappa shape index (κ1) is 20.7. The van der Waals surface area contributed by atoms with Gasteiger partial charge in [0.15, 0.2) is 11.6 Å². The molecule has 0 spiro atoms. The van der Waals surface area contributed by atoms with E-state index in [0.717, 1.165) is 31.4 Å². The molecule has 1 N–H and O–H groups in total. The van der Waals surface area contributed by atoms with Gasteiger partial charge in [0.25, 0.3) is 11.5 Å².